The van der Waals surface area contributed by atoms with Crippen LogP contribution in [-0.2, 0) is 0 Å². The molecule has 0 unspecified atom stereocenters. The van der Waals surface area contributed by atoms with Gasteiger partial charge in [0.05, 0.1) is 18.2 Å². The third-order valence-electron chi connectivity index (χ3n) is 2.31. The first-order chi connectivity index (χ1) is 9.62. The fourth-order valence-corrected chi connectivity index (χ4v) is 1.65. The lowest BCUT2D eigenvalue weighted by molar-refractivity contribution is 0.291. The number of rotatable bonds is 4. The molecule has 0 N–H and O–H groups in total. The van der Waals surface area contributed by atoms with Crippen LogP contribution in [0.15, 0.2) is 18.2 Å². The lowest BCUT2D eigenvalue weighted by atomic mass is 10.1. The number of halogens is 2. The van der Waals surface area contributed by atoms with Crippen LogP contribution in [0.5, 0.6) is 6.01 Å². The highest BCUT2D eigenvalue weighted by molar-refractivity contribution is 6.28. The average Bonchev–Trinajstić information content (AvgIpc) is 2.43. The minimum atomic E-state index is -0.549. The second-order valence-electron chi connectivity index (χ2n) is 3.90. The molecule has 0 saturated heterocycles. The monoisotopic (exact) mass is 292 g/mol. The molecule has 7 heteroatoms. The Balaban J connectivity index is 2.44. The smallest absolute Gasteiger partial charge is 0.321 e. The van der Waals surface area contributed by atoms with Gasteiger partial charge in [-0.3, -0.25) is 0 Å². The second kappa shape index (κ2) is 6.26. The summed E-state index contributed by atoms with van der Waals surface area (Å²) < 4.78 is 18.7. The Morgan fingerprint density at radius 2 is 2.10 bits per heavy atom. The van der Waals surface area contributed by atoms with E-state index in [-0.39, 0.29) is 22.7 Å². The molecule has 0 radical (unpaired) electrons. The Labute approximate surface area is 120 Å². The van der Waals surface area contributed by atoms with Crippen molar-refractivity contribution in [3.8, 4) is 23.5 Å². The van der Waals surface area contributed by atoms with E-state index in [1.165, 1.54) is 12.1 Å². The van der Waals surface area contributed by atoms with Gasteiger partial charge in [0.25, 0.3) is 0 Å². The summed E-state index contributed by atoms with van der Waals surface area (Å²) in [6.45, 7) is 2.38. The summed E-state index contributed by atoms with van der Waals surface area (Å²) in [6, 6.07) is 5.75. The Bertz CT molecular complexity index is 672. The topological polar surface area (TPSA) is 71.7 Å². The molecule has 102 valence electrons. The van der Waals surface area contributed by atoms with Crippen LogP contribution in [-0.4, -0.2) is 21.6 Å². The second-order valence-corrected chi connectivity index (χ2v) is 4.24. The zero-order chi connectivity index (χ0) is 14.5. The maximum Gasteiger partial charge on any atom is 0.321 e. The molecule has 0 saturated carbocycles. The molecule has 0 spiro atoms. The summed E-state index contributed by atoms with van der Waals surface area (Å²) >= 11 is 5.79. The standard InChI is InChI=1S/C13H10ClFN4O/c1-2-3-20-13-18-11(17-12(14)19-13)9-4-8(7-16)5-10(15)6-9/h4-6H,2-3H2,1H3. The van der Waals surface area contributed by atoms with Crippen molar-refractivity contribution in [1.82, 2.24) is 15.0 Å². The van der Waals surface area contributed by atoms with Crippen molar-refractivity contribution < 1.29 is 9.13 Å². The quantitative estimate of drug-likeness (QED) is 0.866. The van der Waals surface area contributed by atoms with Crippen molar-refractivity contribution in [3.63, 3.8) is 0 Å². The van der Waals surface area contributed by atoms with E-state index < -0.39 is 5.82 Å². The molecule has 0 fully saturated rings. The highest BCUT2D eigenvalue weighted by Gasteiger charge is 2.10. The number of hydrogen-bond donors (Lipinski definition) is 0. The van der Waals surface area contributed by atoms with Crippen molar-refractivity contribution in [3.05, 3.63) is 34.9 Å². The molecule has 0 aliphatic rings. The Morgan fingerprint density at radius 1 is 1.30 bits per heavy atom. The molecule has 1 aromatic carbocycles. The number of nitriles is 1. The maximum atomic E-state index is 13.4. The zero-order valence-electron chi connectivity index (χ0n) is 10.6. The average molecular weight is 293 g/mol. The predicted octanol–water partition coefficient (Wildman–Crippen LogP) is 2.99. The Kier molecular flexibility index (Phi) is 4.43. The highest BCUT2D eigenvalue weighted by Crippen LogP contribution is 2.21. The van der Waals surface area contributed by atoms with E-state index in [2.05, 4.69) is 15.0 Å². The molecule has 0 amide bonds. The first-order valence-electron chi connectivity index (χ1n) is 5.88. The first-order valence-corrected chi connectivity index (χ1v) is 6.25. The van der Waals surface area contributed by atoms with Gasteiger partial charge in [-0.05, 0) is 36.2 Å². The van der Waals surface area contributed by atoms with Gasteiger partial charge in [-0.1, -0.05) is 6.92 Å². The normalized spacial score (nSPS) is 10.1. The fourth-order valence-electron chi connectivity index (χ4n) is 1.50. The van der Waals surface area contributed by atoms with Crippen LogP contribution in [0.2, 0.25) is 5.28 Å². The van der Waals surface area contributed by atoms with Gasteiger partial charge >= 0.3 is 6.01 Å². The van der Waals surface area contributed by atoms with Crippen molar-refractivity contribution in [2.75, 3.05) is 6.61 Å². The summed E-state index contributed by atoms with van der Waals surface area (Å²) in [5, 5.41) is 8.79. The summed E-state index contributed by atoms with van der Waals surface area (Å²) in [5.74, 6) is -0.390. The number of hydrogen-bond acceptors (Lipinski definition) is 5. The lowest BCUT2D eigenvalue weighted by Gasteiger charge is -2.05. The van der Waals surface area contributed by atoms with Crippen molar-refractivity contribution in [1.29, 1.82) is 5.26 Å². The number of nitrogens with zero attached hydrogens (tertiary/aromatic N) is 4. The van der Waals surface area contributed by atoms with E-state index in [0.29, 0.717) is 12.2 Å². The molecule has 1 aromatic heterocycles. The minimum Gasteiger partial charge on any atom is -0.463 e. The Morgan fingerprint density at radius 3 is 2.80 bits per heavy atom. The third kappa shape index (κ3) is 3.39. The van der Waals surface area contributed by atoms with Crippen LogP contribution in [0.1, 0.15) is 18.9 Å². The molecular weight excluding hydrogens is 283 g/mol. The van der Waals surface area contributed by atoms with E-state index >= 15 is 0 Å². The van der Waals surface area contributed by atoms with Gasteiger partial charge in [-0.15, -0.1) is 0 Å². The molecule has 0 aliphatic heterocycles. The van der Waals surface area contributed by atoms with Crippen molar-refractivity contribution >= 4 is 11.6 Å². The third-order valence-corrected chi connectivity index (χ3v) is 2.48. The number of ether oxygens (including phenoxy) is 1. The number of aromatic nitrogens is 3. The molecule has 0 aliphatic carbocycles. The molecule has 0 atom stereocenters. The molecule has 0 bridgehead atoms. The molecule has 2 aromatic rings. The minimum absolute atomic E-state index is 0.0520. The van der Waals surface area contributed by atoms with Crippen molar-refractivity contribution in [2.45, 2.75) is 13.3 Å². The van der Waals surface area contributed by atoms with Gasteiger partial charge in [0.1, 0.15) is 5.82 Å². The molecule has 20 heavy (non-hydrogen) atoms. The summed E-state index contributed by atoms with van der Waals surface area (Å²) in [5.41, 5.74) is 0.514. The van der Waals surface area contributed by atoms with E-state index in [1.807, 2.05) is 13.0 Å². The van der Waals surface area contributed by atoms with Crippen LogP contribution in [0.25, 0.3) is 11.4 Å². The van der Waals surface area contributed by atoms with E-state index in [9.17, 15) is 4.39 Å². The first kappa shape index (κ1) is 14.2. The van der Waals surface area contributed by atoms with E-state index in [4.69, 9.17) is 21.6 Å². The Hall–Kier alpha value is -2.26. The highest BCUT2D eigenvalue weighted by atomic mass is 35.5. The maximum absolute atomic E-state index is 13.4. The van der Waals surface area contributed by atoms with Crippen molar-refractivity contribution in [2.24, 2.45) is 0 Å². The van der Waals surface area contributed by atoms with Crippen LogP contribution in [0.3, 0.4) is 0 Å². The molecule has 5 nitrogen and oxygen atoms in total. The molecular formula is C13H10ClFN4O. The van der Waals surface area contributed by atoms with Gasteiger partial charge < -0.3 is 4.74 Å². The van der Waals surface area contributed by atoms with Gasteiger partial charge in [-0.2, -0.15) is 20.2 Å². The summed E-state index contributed by atoms with van der Waals surface area (Å²) in [7, 11) is 0. The lowest BCUT2D eigenvalue weighted by Crippen LogP contribution is -2.03. The molecule has 2 rings (SSSR count). The van der Waals surface area contributed by atoms with Crippen LogP contribution >= 0.6 is 11.6 Å². The zero-order valence-corrected chi connectivity index (χ0v) is 11.4. The fraction of sp³-hybridized carbons (Fsp3) is 0.231. The predicted molar refractivity (Wildman–Crippen MR) is 70.7 cm³/mol. The van der Waals surface area contributed by atoms with Gasteiger partial charge in [0, 0.05) is 5.56 Å². The van der Waals surface area contributed by atoms with E-state index in [0.717, 1.165) is 12.5 Å². The number of benzene rings is 1. The van der Waals surface area contributed by atoms with E-state index in [1.54, 1.807) is 0 Å². The summed E-state index contributed by atoms with van der Waals surface area (Å²) in [6.07, 6.45) is 0.789. The van der Waals surface area contributed by atoms with Gasteiger partial charge in [0.2, 0.25) is 5.28 Å². The van der Waals surface area contributed by atoms with Gasteiger partial charge in [0.15, 0.2) is 5.82 Å². The SMILES string of the molecule is CCCOc1nc(Cl)nc(-c2cc(F)cc(C#N)c2)n1. The van der Waals surface area contributed by atoms with Crippen LogP contribution < -0.4 is 4.74 Å². The summed E-state index contributed by atoms with van der Waals surface area (Å²) in [4.78, 5) is 11.8. The largest absolute Gasteiger partial charge is 0.463 e. The van der Waals surface area contributed by atoms with Crippen LogP contribution in [0, 0.1) is 17.1 Å². The van der Waals surface area contributed by atoms with Crippen LogP contribution in [0.4, 0.5) is 4.39 Å². The van der Waals surface area contributed by atoms with Gasteiger partial charge in [-0.25, -0.2) is 4.39 Å². The molecule has 1 heterocycles.